The zero-order valence-electron chi connectivity index (χ0n) is 10.7. The lowest BCUT2D eigenvalue weighted by molar-refractivity contribution is 0.0698. The second kappa shape index (κ2) is 6.85. The van der Waals surface area contributed by atoms with Crippen LogP contribution in [0.2, 0.25) is 5.02 Å². The molecule has 0 saturated carbocycles. The van der Waals surface area contributed by atoms with Gasteiger partial charge in [-0.15, -0.1) is 0 Å². The van der Waals surface area contributed by atoms with Crippen LogP contribution in [0.5, 0.6) is 0 Å². The summed E-state index contributed by atoms with van der Waals surface area (Å²) in [6, 6.07) is 4.09. The standard InChI is InChI=1S/C13H15ClN2O3S/c14-8-3-4-11(10(6-8)12(17)18)16-13(19)15-9-2-1-5-20-7-9/h3-4,6,9H,1-2,5,7H2,(H,17,18)(H2,15,16,19). The van der Waals surface area contributed by atoms with Gasteiger partial charge in [-0.1, -0.05) is 11.6 Å². The van der Waals surface area contributed by atoms with Gasteiger partial charge in [0.2, 0.25) is 0 Å². The van der Waals surface area contributed by atoms with Gasteiger partial charge in [0.15, 0.2) is 0 Å². The molecule has 1 heterocycles. The van der Waals surface area contributed by atoms with Crippen molar-refractivity contribution < 1.29 is 14.7 Å². The molecule has 1 unspecified atom stereocenters. The summed E-state index contributed by atoms with van der Waals surface area (Å²) in [6.45, 7) is 0. The number of carboxylic acids is 1. The van der Waals surface area contributed by atoms with Crippen LogP contribution in [0, 0.1) is 0 Å². The monoisotopic (exact) mass is 314 g/mol. The van der Waals surface area contributed by atoms with Crippen molar-refractivity contribution >= 4 is 41.1 Å². The zero-order chi connectivity index (χ0) is 14.5. The van der Waals surface area contributed by atoms with E-state index in [2.05, 4.69) is 10.6 Å². The lowest BCUT2D eigenvalue weighted by Crippen LogP contribution is -2.41. The van der Waals surface area contributed by atoms with Crippen molar-refractivity contribution in [2.24, 2.45) is 0 Å². The molecule has 0 radical (unpaired) electrons. The number of hydrogen-bond donors (Lipinski definition) is 3. The van der Waals surface area contributed by atoms with Crippen molar-refractivity contribution in [1.29, 1.82) is 0 Å². The van der Waals surface area contributed by atoms with Crippen LogP contribution in [0.25, 0.3) is 0 Å². The van der Waals surface area contributed by atoms with E-state index in [-0.39, 0.29) is 23.3 Å². The van der Waals surface area contributed by atoms with E-state index < -0.39 is 5.97 Å². The van der Waals surface area contributed by atoms with E-state index in [1.54, 1.807) is 6.07 Å². The molecule has 0 aromatic heterocycles. The quantitative estimate of drug-likeness (QED) is 0.801. The smallest absolute Gasteiger partial charge is 0.337 e. The van der Waals surface area contributed by atoms with Gasteiger partial charge in [-0.3, -0.25) is 0 Å². The summed E-state index contributed by atoms with van der Waals surface area (Å²) in [5, 5.41) is 14.8. The Labute approximate surface area is 126 Å². The highest BCUT2D eigenvalue weighted by Crippen LogP contribution is 2.21. The minimum absolute atomic E-state index is 0.0225. The predicted molar refractivity (Wildman–Crippen MR) is 80.9 cm³/mol. The Morgan fingerprint density at radius 3 is 2.85 bits per heavy atom. The van der Waals surface area contributed by atoms with E-state index >= 15 is 0 Å². The van der Waals surface area contributed by atoms with E-state index in [1.807, 2.05) is 11.8 Å². The fourth-order valence-electron chi connectivity index (χ4n) is 2.00. The number of thioether (sulfide) groups is 1. The molecule has 1 aliphatic heterocycles. The van der Waals surface area contributed by atoms with Gasteiger partial charge < -0.3 is 15.7 Å². The average Bonchev–Trinajstić information content (AvgIpc) is 2.41. The molecule has 2 rings (SSSR count). The Balaban J connectivity index is 2.01. The third kappa shape index (κ3) is 4.05. The number of carbonyl (C=O) groups is 2. The van der Waals surface area contributed by atoms with E-state index in [0.717, 1.165) is 24.3 Å². The molecule has 5 nitrogen and oxygen atoms in total. The fourth-order valence-corrected chi connectivity index (χ4v) is 3.24. The number of carboxylic acid groups (broad SMARTS) is 1. The SMILES string of the molecule is O=C(Nc1ccc(Cl)cc1C(=O)O)NC1CCCSC1. The number of halogens is 1. The van der Waals surface area contributed by atoms with Crippen LogP contribution in [-0.2, 0) is 0 Å². The van der Waals surface area contributed by atoms with Gasteiger partial charge in [-0.2, -0.15) is 11.8 Å². The molecule has 1 aromatic carbocycles. The number of amides is 2. The van der Waals surface area contributed by atoms with E-state index in [1.165, 1.54) is 12.1 Å². The largest absolute Gasteiger partial charge is 0.478 e. The number of nitrogens with one attached hydrogen (secondary N) is 2. The summed E-state index contributed by atoms with van der Waals surface area (Å²) in [7, 11) is 0. The molecule has 1 aliphatic rings. The topological polar surface area (TPSA) is 78.4 Å². The highest BCUT2D eigenvalue weighted by molar-refractivity contribution is 7.99. The normalized spacial score (nSPS) is 18.4. The fraction of sp³-hybridized carbons (Fsp3) is 0.385. The number of hydrogen-bond acceptors (Lipinski definition) is 3. The number of urea groups is 1. The Morgan fingerprint density at radius 1 is 1.40 bits per heavy atom. The highest BCUT2D eigenvalue weighted by Gasteiger charge is 2.18. The molecular weight excluding hydrogens is 300 g/mol. The van der Waals surface area contributed by atoms with E-state index in [0.29, 0.717) is 5.02 Å². The molecule has 0 bridgehead atoms. The molecule has 1 fully saturated rings. The van der Waals surface area contributed by atoms with Crippen LogP contribution in [0.3, 0.4) is 0 Å². The van der Waals surface area contributed by atoms with E-state index in [4.69, 9.17) is 16.7 Å². The number of benzene rings is 1. The van der Waals surface area contributed by atoms with Crippen LogP contribution < -0.4 is 10.6 Å². The molecule has 1 saturated heterocycles. The third-order valence-corrected chi connectivity index (χ3v) is 4.41. The van der Waals surface area contributed by atoms with Gasteiger partial charge in [-0.05, 0) is 36.8 Å². The molecule has 7 heteroatoms. The van der Waals surface area contributed by atoms with Crippen molar-refractivity contribution in [2.45, 2.75) is 18.9 Å². The first kappa shape index (κ1) is 15.0. The summed E-state index contributed by atoms with van der Waals surface area (Å²) >= 11 is 7.57. The Hall–Kier alpha value is -1.40. The number of aromatic carboxylic acids is 1. The summed E-state index contributed by atoms with van der Waals surface area (Å²) in [5.41, 5.74) is 0.216. The van der Waals surface area contributed by atoms with Crippen molar-refractivity contribution in [2.75, 3.05) is 16.8 Å². The van der Waals surface area contributed by atoms with Crippen molar-refractivity contribution in [3.63, 3.8) is 0 Å². The minimum atomic E-state index is -1.13. The first-order valence-electron chi connectivity index (χ1n) is 6.24. The first-order valence-corrected chi connectivity index (χ1v) is 7.77. The van der Waals surface area contributed by atoms with Crippen molar-refractivity contribution in [1.82, 2.24) is 5.32 Å². The van der Waals surface area contributed by atoms with Crippen LogP contribution in [0.1, 0.15) is 23.2 Å². The van der Waals surface area contributed by atoms with Gasteiger partial charge in [-0.25, -0.2) is 9.59 Å². The summed E-state index contributed by atoms with van der Waals surface area (Å²) in [4.78, 5) is 23.0. The van der Waals surface area contributed by atoms with Gasteiger partial charge in [0.25, 0.3) is 0 Å². The van der Waals surface area contributed by atoms with Crippen molar-refractivity contribution in [3.05, 3.63) is 28.8 Å². The molecule has 0 spiro atoms. The average molecular weight is 315 g/mol. The van der Waals surface area contributed by atoms with Crippen LogP contribution in [-0.4, -0.2) is 34.7 Å². The maximum atomic E-state index is 11.9. The lowest BCUT2D eigenvalue weighted by atomic mass is 10.1. The Morgan fingerprint density at radius 2 is 2.20 bits per heavy atom. The molecule has 20 heavy (non-hydrogen) atoms. The summed E-state index contributed by atoms with van der Waals surface area (Å²) < 4.78 is 0. The molecule has 1 aromatic rings. The summed E-state index contributed by atoms with van der Waals surface area (Å²) in [5.74, 6) is 0.885. The van der Waals surface area contributed by atoms with Gasteiger partial charge in [0.1, 0.15) is 0 Å². The van der Waals surface area contributed by atoms with Crippen molar-refractivity contribution in [3.8, 4) is 0 Å². The lowest BCUT2D eigenvalue weighted by Gasteiger charge is -2.22. The van der Waals surface area contributed by atoms with Gasteiger partial charge in [0, 0.05) is 16.8 Å². The second-order valence-corrected chi connectivity index (χ2v) is 6.09. The van der Waals surface area contributed by atoms with Gasteiger partial charge >= 0.3 is 12.0 Å². The van der Waals surface area contributed by atoms with Crippen LogP contribution in [0.15, 0.2) is 18.2 Å². The maximum Gasteiger partial charge on any atom is 0.337 e. The molecule has 0 aliphatic carbocycles. The van der Waals surface area contributed by atoms with Crippen LogP contribution in [0.4, 0.5) is 10.5 Å². The highest BCUT2D eigenvalue weighted by atomic mass is 35.5. The zero-order valence-corrected chi connectivity index (χ0v) is 12.3. The van der Waals surface area contributed by atoms with Crippen LogP contribution >= 0.6 is 23.4 Å². The molecule has 3 N–H and O–H groups in total. The Bertz CT molecular complexity index is 518. The molecule has 1 atom stereocenters. The maximum absolute atomic E-state index is 11.9. The molecule has 108 valence electrons. The summed E-state index contributed by atoms with van der Waals surface area (Å²) in [6.07, 6.45) is 2.03. The van der Waals surface area contributed by atoms with Gasteiger partial charge in [0.05, 0.1) is 11.3 Å². The third-order valence-electron chi connectivity index (χ3n) is 2.96. The second-order valence-electron chi connectivity index (χ2n) is 4.51. The number of rotatable bonds is 3. The van der Waals surface area contributed by atoms with E-state index in [9.17, 15) is 9.59 Å². The first-order chi connectivity index (χ1) is 9.56. The number of carbonyl (C=O) groups excluding carboxylic acids is 1. The molecule has 2 amide bonds. The Kier molecular flexibility index (Phi) is 5.14. The number of anilines is 1. The molecular formula is C13H15ClN2O3S. The minimum Gasteiger partial charge on any atom is -0.478 e. The predicted octanol–water partition coefficient (Wildman–Crippen LogP) is 3.06.